The molecule has 20 heavy (non-hydrogen) atoms. The summed E-state index contributed by atoms with van der Waals surface area (Å²) < 4.78 is 12.9. The van der Waals surface area contributed by atoms with Crippen molar-refractivity contribution in [1.29, 1.82) is 0 Å². The molecule has 1 saturated heterocycles. The molecule has 1 aromatic carbocycles. The van der Waals surface area contributed by atoms with Crippen molar-refractivity contribution >= 4 is 11.6 Å². The van der Waals surface area contributed by atoms with Gasteiger partial charge >= 0.3 is 0 Å². The normalized spacial score (nSPS) is 19.2. The van der Waals surface area contributed by atoms with E-state index < -0.39 is 0 Å². The molecule has 2 aliphatic rings. The fourth-order valence-corrected chi connectivity index (χ4v) is 2.50. The van der Waals surface area contributed by atoms with Gasteiger partial charge < -0.3 is 15.1 Å². The molecule has 0 aromatic heterocycles. The van der Waals surface area contributed by atoms with Crippen LogP contribution in [0.3, 0.4) is 0 Å². The summed E-state index contributed by atoms with van der Waals surface area (Å²) >= 11 is 0. The first-order valence-corrected chi connectivity index (χ1v) is 7.24. The zero-order valence-corrected chi connectivity index (χ0v) is 11.5. The lowest BCUT2D eigenvalue weighted by molar-refractivity contribution is -0.130. The van der Waals surface area contributed by atoms with E-state index in [9.17, 15) is 9.18 Å². The van der Waals surface area contributed by atoms with Crippen molar-refractivity contribution in [2.24, 2.45) is 0 Å². The van der Waals surface area contributed by atoms with Crippen LogP contribution in [0.2, 0.25) is 0 Å². The lowest BCUT2D eigenvalue weighted by atomic mass is 10.2. The van der Waals surface area contributed by atoms with Gasteiger partial charge in [-0.3, -0.25) is 4.79 Å². The number of hydrogen-bond donors (Lipinski definition) is 1. The van der Waals surface area contributed by atoms with E-state index in [1.165, 1.54) is 25.0 Å². The van der Waals surface area contributed by atoms with Crippen molar-refractivity contribution in [3.63, 3.8) is 0 Å². The van der Waals surface area contributed by atoms with Crippen molar-refractivity contribution in [2.75, 3.05) is 37.6 Å². The Kier molecular flexibility index (Phi) is 3.87. The predicted octanol–water partition coefficient (Wildman–Crippen LogP) is 1.23. The number of nitrogens with zero attached hydrogens (tertiary/aromatic N) is 2. The van der Waals surface area contributed by atoms with Crippen LogP contribution in [0, 0.1) is 5.82 Å². The molecule has 0 atom stereocenters. The number of carbonyl (C=O) groups excluding carboxylic acids is 1. The SMILES string of the molecule is O=C(CNC1CC1)N1CCN(c2ccc(F)cc2)CC1. The minimum absolute atomic E-state index is 0.190. The van der Waals surface area contributed by atoms with Crippen LogP contribution in [-0.2, 0) is 4.79 Å². The van der Waals surface area contributed by atoms with Gasteiger partial charge in [0.25, 0.3) is 0 Å². The van der Waals surface area contributed by atoms with Crippen molar-refractivity contribution in [3.8, 4) is 0 Å². The summed E-state index contributed by atoms with van der Waals surface area (Å²) in [5, 5.41) is 3.26. The smallest absolute Gasteiger partial charge is 0.236 e. The summed E-state index contributed by atoms with van der Waals surface area (Å²) in [4.78, 5) is 16.1. The third kappa shape index (κ3) is 3.28. The number of rotatable bonds is 4. The molecule has 0 bridgehead atoms. The van der Waals surface area contributed by atoms with Crippen LogP contribution in [0.4, 0.5) is 10.1 Å². The highest BCUT2D eigenvalue weighted by molar-refractivity contribution is 5.78. The average Bonchev–Trinajstić information content (AvgIpc) is 3.30. The number of anilines is 1. The minimum Gasteiger partial charge on any atom is -0.368 e. The van der Waals surface area contributed by atoms with Crippen molar-refractivity contribution in [3.05, 3.63) is 30.1 Å². The van der Waals surface area contributed by atoms with Crippen molar-refractivity contribution < 1.29 is 9.18 Å². The van der Waals surface area contributed by atoms with Gasteiger partial charge in [0.2, 0.25) is 5.91 Å². The highest BCUT2D eigenvalue weighted by Gasteiger charge is 2.24. The molecule has 1 N–H and O–H groups in total. The fourth-order valence-electron chi connectivity index (χ4n) is 2.50. The Morgan fingerprint density at radius 1 is 1.15 bits per heavy atom. The van der Waals surface area contributed by atoms with Crippen LogP contribution < -0.4 is 10.2 Å². The van der Waals surface area contributed by atoms with Crippen molar-refractivity contribution in [2.45, 2.75) is 18.9 Å². The maximum absolute atomic E-state index is 12.9. The zero-order valence-electron chi connectivity index (χ0n) is 11.5. The maximum atomic E-state index is 12.9. The summed E-state index contributed by atoms with van der Waals surface area (Å²) in [7, 11) is 0. The Hall–Kier alpha value is -1.62. The van der Waals surface area contributed by atoms with Gasteiger partial charge in [-0.2, -0.15) is 0 Å². The standard InChI is InChI=1S/C15H20FN3O/c16-12-1-5-14(6-2-12)18-7-9-19(10-8-18)15(20)11-17-13-3-4-13/h1-2,5-6,13,17H,3-4,7-11H2. The topological polar surface area (TPSA) is 35.6 Å². The molecule has 2 fully saturated rings. The molecule has 4 nitrogen and oxygen atoms in total. The first kappa shape index (κ1) is 13.4. The number of carbonyl (C=O) groups is 1. The second-order valence-corrected chi connectivity index (χ2v) is 5.50. The predicted molar refractivity (Wildman–Crippen MR) is 76.2 cm³/mol. The van der Waals surface area contributed by atoms with E-state index in [1.807, 2.05) is 4.90 Å². The van der Waals surface area contributed by atoms with Crippen LogP contribution in [0.5, 0.6) is 0 Å². The van der Waals surface area contributed by atoms with Gasteiger partial charge in [0, 0.05) is 37.9 Å². The molecule has 3 rings (SSSR count). The lowest BCUT2D eigenvalue weighted by Crippen LogP contribution is -2.51. The Bertz CT molecular complexity index is 465. The Balaban J connectivity index is 1.48. The molecule has 1 aliphatic heterocycles. The van der Waals surface area contributed by atoms with E-state index in [0.29, 0.717) is 12.6 Å². The summed E-state index contributed by atoms with van der Waals surface area (Å²) in [6.45, 7) is 3.55. The van der Waals surface area contributed by atoms with Crippen LogP contribution in [-0.4, -0.2) is 49.6 Å². The van der Waals surface area contributed by atoms with E-state index in [4.69, 9.17) is 0 Å². The number of amides is 1. The number of nitrogens with one attached hydrogen (secondary N) is 1. The average molecular weight is 277 g/mol. The summed E-state index contributed by atoms with van der Waals surface area (Å²) in [6.07, 6.45) is 2.40. The van der Waals surface area contributed by atoms with E-state index in [2.05, 4.69) is 10.2 Å². The lowest BCUT2D eigenvalue weighted by Gasteiger charge is -2.36. The highest BCUT2D eigenvalue weighted by Crippen LogP contribution is 2.19. The molecular formula is C15H20FN3O. The third-order valence-corrected chi connectivity index (χ3v) is 3.94. The number of halogens is 1. The molecule has 108 valence electrons. The molecule has 1 heterocycles. The molecule has 1 aromatic rings. The molecule has 0 radical (unpaired) electrons. The first-order valence-electron chi connectivity index (χ1n) is 7.24. The number of benzene rings is 1. The van der Waals surface area contributed by atoms with Crippen LogP contribution in [0.15, 0.2) is 24.3 Å². The summed E-state index contributed by atoms with van der Waals surface area (Å²) in [5.41, 5.74) is 1.02. The molecule has 5 heteroatoms. The van der Waals surface area contributed by atoms with E-state index in [-0.39, 0.29) is 11.7 Å². The summed E-state index contributed by atoms with van der Waals surface area (Å²) in [5.74, 6) is -0.0237. The van der Waals surface area contributed by atoms with Gasteiger partial charge in [-0.1, -0.05) is 0 Å². The number of piperazine rings is 1. The molecule has 0 unspecified atom stereocenters. The second kappa shape index (κ2) is 5.79. The molecule has 1 amide bonds. The van der Waals surface area contributed by atoms with E-state index >= 15 is 0 Å². The van der Waals surface area contributed by atoms with Gasteiger partial charge in [0.15, 0.2) is 0 Å². The quantitative estimate of drug-likeness (QED) is 0.899. The van der Waals surface area contributed by atoms with E-state index in [1.54, 1.807) is 12.1 Å². The van der Waals surface area contributed by atoms with Gasteiger partial charge in [-0.05, 0) is 37.1 Å². The van der Waals surface area contributed by atoms with Crippen LogP contribution >= 0.6 is 0 Å². The largest absolute Gasteiger partial charge is 0.368 e. The molecule has 0 spiro atoms. The zero-order chi connectivity index (χ0) is 13.9. The van der Waals surface area contributed by atoms with Gasteiger partial charge in [-0.25, -0.2) is 4.39 Å². The van der Waals surface area contributed by atoms with Gasteiger partial charge in [0.05, 0.1) is 6.54 Å². The van der Waals surface area contributed by atoms with Gasteiger partial charge in [0.1, 0.15) is 5.82 Å². The van der Waals surface area contributed by atoms with Gasteiger partial charge in [-0.15, -0.1) is 0 Å². The van der Waals surface area contributed by atoms with E-state index in [0.717, 1.165) is 31.9 Å². The Labute approximate surface area is 118 Å². The number of hydrogen-bond acceptors (Lipinski definition) is 3. The minimum atomic E-state index is -0.214. The first-order chi connectivity index (χ1) is 9.72. The second-order valence-electron chi connectivity index (χ2n) is 5.50. The molecule has 1 saturated carbocycles. The highest BCUT2D eigenvalue weighted by atomic mass is 19.1. The van der Waals surface area contributed by atoms with Crippen LogP contribution in [0.25, 0.3) is 0 Å². The Morgan fingerprint density at radius 3 is 2.40 bits per heavy atom. The third-order valence-electron chi connectivity index (χ3n) is 3.94. The molecule has 1 aliphatic carbocycles. The van der Waals surface area contributed by atoms with Crippen LogP contribution in [0.1, 0.15) is 12.8 Å². The van der Waals surface area contributed by atoms with Crippen molar-refractivity contribution in [1.82, 2.24) is 10.2 Å². The summed E-state index contributed by atoms with van der Waals surface area (Å²) in [6, 6.07) is 7.11. The maximum Gasteiger partial charge on any atom is 0.236 e. The molecular weight excluding hydrogens is 257 g/mol. The fraction of sp³-hybridized carbons (Fsp3) is 0.533. The Morgan fingerprint density at radius 2 is 1.80 bits per heavy atom. The monoisotopic (exact) mass is 277 g/mol.